The van der Waals surface area contributed by atoms with E-state index in [1.807, 2.05) is 30.3 Å². The smallest absolute Gasteiger partial charge is 0.218 e. The van der Waals surface area contributed by atoms with Crippen molar-refractivity contribution in [2.75, 3.05) is 7.11 Å². The zero-order valence-corrected chi connectivity index (χ0v) is 12.5. The second-order valence-corrected chi connectivity index (χ2v) is 5.26. The summed E-state index contributed by atoms with van der Waals surface area (Å²) in [5.74, 6) is 0.635. The largest absolute Gasteiger partial charge is 0.481 e. The van der Waals surface area contributed by atoms with Crippen LogP contribution in [-0.2, 0) is 13.1 Å². The lowest BCUT2D eigenvalue weighted by Gasteiger charge is -2.09. The number of halogens is 1. The fraction of sp³-hybridized carbons (Fsp3) is 0.188. The molecule has 3 rings (SSSR count). The van der Waals surface area contributed by atoms with Gasteiger partial charge < -0.3 is 15.0 Å². The zero-order chi connectivity index (χ0) is 14.8. The van der Waals surface area contributed by atoms with E-state index in [9.17, 15) is 0 Å². The van der Waals surface area contributed by atoms with E-state index in [4.69, 9.17) is 22.1 Å². The van der Waals surface area contributed by atoms with Crippen LogP contribution in [0.5, 0.6) is 5.88 Å². The van der Waals surface area contributed by atoms with Crippen molar-refractivity contribution >= 4 is 22.5 Å². The number of ether oxygens (including phenoxy) is 1. The summed E-state index contributed by atoms with van der Waals surface area (Å²) < 4.78 is 7.44. The van der Waals surface area contributed by atoms with Gasteiger partial charge in [0.25, 0.3) is 0 Å². The molecule has 0 saturated carbocycles. The Morgan fingerprint density at radius 2 is 2.14 bits per heavy atom. The van der Waals surface area contributed by atoms with Crippen LogP contribution < -0.4 is 10.5 Å². The normalized spacial score (nSPS) is 11.0. The predicted octanol–water partition coefficient (Wildman–Crippen LogP) is 3.21. The van der Waals surface area contributed by atoms with Gasteiger partial charge in [-0.2, -0.15) is 0 Å². The zero-order valence-electron chi connectivity index (χ0n) is 11.7. The third kappa shape index (κ3) is 2.60. The van der Waals surface area contributed by atoms with Crippen molar-refractivity contribution in [1.29, 1.82) is 0 Å². The summed E-state index contributed by atoms with van der Waals surface area (Å²) in [6.07, 6.45) is 3.78. The third-order valence-electron chi connectivity index (χ3n) is 3.53. The van der Waals surface area contributed by atoms with Crippen molar-refractivity contribution in [1.82, 2.24) is 9.55 Å². The van der Waals surface area contributed by atoms with Crippen molar-refractivity contribution < 1.29 is 4.74 Å². The van der Waals surface area contributed by atoms with Crippen molar-refractivity contribution in [3.8, 4) is 5.88 Å². The molecule has 5 heteroatoms. The molecule has 0 atom stereocenters. The monoisotopic (exact) mass is 301 g/mol. The number of fused-ring (bicyclic) bond motifs is 1. The van der Waals surface area contributed by atoms with Crippen molar-refractivity contribution in [2.24, 2.45) is 5.73 Å². The van der Waals surface area contributed by atoms with Crippen LogP contribution >= 0.6 is 11.6 Å². The SMILES string of the molecule is COc1ncccc1Cn1cc(CN)c2ccc(Cl)cc21. The minimum Gasteiger partial charge on any atom is -0.481 e. The molecule has 0 bridgehead atoms. The van der Waals surface area contributed by atoms with E-state index in [0.717, 1.165) is 22.0 Å². The molecular weight excluding hydrogens is 286 g/mol. The summed E-state index contributed by atoms with van der Waals surface area (Å²) >= 11 is 6.12. The van der Waals surface area contributed by atoms with Crippen LogP contribution in [0.2, 0.25) is 5.02 Å². The van der Waals surface area contributed by atoms with Gasteiger partial charge in [-0.3, -0.25) is 0 Å². The molecule has 0 unspecified atom stereocenters. The Bertz CT molecular complexity index is 782. The van der Waals surface area contributed by atoms with E-state index in [1.54, 1.807) is 13.3 Å². The molecule has 108 valence electrons. The number of pyridine rings is 1. The lowest BCUT2D eigenvalue weighted by atomic mass is 10.2. The highest BCUT2D eigenvalue weighted by Crippen LogP contribution is 2.26. The number of nitrogens with zero attached hydrogens (tertiary/aromatic N) is 2. The molecule has 0 aliphatic carbocycles. The van der Waals surface area contributed by atoms with E-state index < -0.39 is 0 Å². The predicted molar refractivity (Wildman–Crippen MR) is 84.7 cm³/mol. The van der Waals surface area contributed by atoms with E-state index in [0.29, 0.717) is 24.0 Å². The maximum atomic E-state index is 6.12. The standard InChI is InChI=1S/C16H16ClN3O/c1-21-16-11(3-2-6-19-16)9-20-10-12(8-18)14-5-4-13(17)7-15(14)20/h2-7,10H,8-9,18H2,1H3. The molecule has 0 radical (unpaired) electrons. The van der Waals surface area contributed by atoms with Gasteiger partial charge in [-0.1, -0.05) is 23.7 Å². The van der Waals surface area contributed by atoms with Crippen LogP contribution in [0.1, 0.15) is 11.1 Å². The van der Waals surface area contributed by atoms with Crippen LogP contribution in [0.15, 0.2) is 42.7 Å². The van der Waals surface area contributed by atoms with E-state index >= 15 is 0 Å². The first kappa shape index (κ1) is 13.9. The second-order valence-electron chi connectivity index (χ2n) is 4.82. The molecule has 0 spiro atoms. The number of benzene rings is 1. The highest BCUT2D eigenvalue weighted by molar-refractivity contribution is 6.31. The van der Waals surface area contributed by atoms with Crippen LogP contribution in [0, 0.1) is 0 Å². The van der Waals surface area contributed by atoms with Crippen LogP contribution in [0.3, 0.4) is 0 Å². The Morgan fingerprint density at radius 3 is 2.90 bits per heavy atom. The number of rotatable bonds is 4. The molecule has 4 nitrogen and oxygen atoms in total. The van der Waals surface area contributed by atoms with E-state index in [2.05, 4.69) is 15.7 Å². The summed E-state index contributed by atoms with van der Waals surface area (Å²) in [5, 5.41) is 1.84. The van der Waals surface area contributed by atoms with E-state index in [1.165, 1.54) is 0 Å². The quantitative estimate of drug-likeness (QED) is 0.805. The summed E-state index contributed by atoms with van der Waals surface area (Å²) in [4.78, 5) is 4.23. The van der Waals surface area contributed by atoms with Gasteiger partial charge in [-0.05, 0) is 23.8 Å². The average Bonchev–Trinajstić information content (AvgIpc) is 2.85. The fourth-order valence-corrected chi connectivity index (χ4v) is 2.71. The first-order valence-electron chi connectivity index (χ1n) is 6.68. The first-order valence-corrected chi connectivity index (χ1v) is 7.06. The lowest BCUT2D eigenvalue weighted by Crippen LogP contribution is -2.02. The summed E-state index contributed by atoms with van der Waals surface area (Å²) in [6.45, 7) is 1.16. The van der Waals surface area contributed by atoms with Gasteiger partial charge in [-0.25, -0.2) is 4.98 Å². The molecule has 3 aromatic rings. The molecule has 0 aliphatic heterocycles. The molecule has 2 N–H and O–H groups in total. The van der Waals surface area contributed by atoms with Gasteiger partial charge >= 0.3 is 0 Å². The molecule has 0 saturated heterocycles. The third-order valence-corrected chi connectivity index (χ3v) is 3.77. The number of hydrogen-bond acceptors (Lipinski definition) is 3. The van der Waals surface area contributed by atoms with Gasteiger partial charge in [0.15, 0.2) is 0 Å². The minimum atomic E-state index is 0.495. The molecule has 0 aliphatic rings. The molecule has 21 heavy (non-hydrogen) atoms. The van der Waals surface area contributed by atoms with Gasteiger partial charge in [0.1, 0.15) is 0 Å². The molecule has 2 aromatic heterocycles. The molecular formula is C16H16ClN3O. The van der Waals surface area contributed by atoms with Gasteiger partial charge in [0, 0.05) is 34.9 Å². The topological polar surface area (TPSA) is 53.1 Å². The second kappa shape index (κ2) is 5.76. The minimum absolute atomic E-state index is 0.495. The number of hydrogen-bond donors (Lipinski definition) is 1. The van der Waals surface area contributed by atoms with E-state index in [-0.39, 0.29) is 0 Å². The lowest BCUT2D eigenvalue weighted by molar-refractivity contribution is 0.391. The highest BCUT2D eigenvalue weighted by atomic mass is 35.5. The van der Waals surface area contributed by atoms with Crippen molar-refractivity contribution in [2.45, 2.75) is 13.1 Å². The maximum absolute atomic E-state index is 6.12. The van der Waals surface area contributed by atoms with Crippen LogP contribution in [-0.4, -0.2) is 16.7 Å². The Kier molecular flexibility index (Phi) is 3.82. The van der Waals surface area contributed by atoms with Gasteiger partial charge in [-0.15, -0.1) is 0 Å². The Hall–Kier alpha value is -2.04. The molecule has 1 aromatic carbocycles. The molecule has 0 amide bonds. The Labute approximate surface area is 128 Å². The van der Waals surface area contributed by atoms with Gasteiger partial charge in [0.2, 0.25) is 5.88 Å². The maximum Gasteiger partial charge on any atom is 0.218 e. The number of nitrogens with two attached hydrogens (primary N) is 1. The summed E-state index contributed by atoms with van der Waals surface area (Å²) in [6, 6.07) is 9.76. The molecule has 2 heterocycles. The van der Waals surface area contributed by atoms with Crippen molar-refractivity contribution in [3.05, 3.63) is 58.9 Å². The summed E-state index contributed by atoms with van der Waals surface area (Å²) in [7, 11) is 1.63. The number of methoxy groups -OCH3 is 1. The highest BCUT2D eigenvalue weighted by Gasteiger charge is 2.11. The van der Waals surface area contributed by atoms with Crippen LogP contribution in [0.25, 0.3) is 10.9 Å². The van der Waals surface area contributed by atoms with Gasteiger partial charge in [0.05, 0.1) is 19.2 Å². The van der Waals surface area contributed by atoms with Crippen LogP contribution in [0.4, 0.5) is 0 Å². The average molecular weight is 302 g/mol. The van der Waals surface area contributed by atoms with Crippen molar-refractivity contribution in [3.63, 3.8) is 0 Å². The fourth-order valence-electron chi connectivity index (χ4n) is 2.55. The summed E-state index contributed by atoms with van der Waals surface area (Å²) in [5.41, 5.74) is 9.01. The Balaban J connectivity index is 2.10. The Morgan fingerprint density at radius 1 is 1.29 bits per heavy atom. The number of aromatic nitrogens is 2. The molecule has 0 fully saturated rings. The first-order chi connectivity index (χ1) is 10.2.